The van der Waals surface area contributed by atoms with E-state index in [9.17, 15) is 0 Å². The summed E-state index contributed by atoms with van der Waals surface area (Å²) in [6, 6.07) is 0. The van der Waals surface area contributed by atoms with Crippen molar-refractivity contribution in [3.05, 3.63) is 29.4 Å². The van der Waals surface area contributed by atoms with Gasteiger partial charge in [-0.05, 0) is 20.8 Å². The van der Waals surface area contributed by atoms with Crippen molar-refractivity contribution in [1.29, 1.82) is 0 Å². The van der Waals surface area contributed by atoms with Gasteiger partial charge in [0, 0.05) is 12.7 Å². The zero-order chi connectivity index (χ0) is 11.0. The van der Waals surface area contributed by atoms with E-state index >= 15 is 0 Å². The number of aromatic nitrogens is 5. The molecule has 5 heteroatoms. The maximum absolute atomic E-state index is 4.25. The van der Waals surface area contributed by atoms with E-state index in [1.165, 1.54) is 5.69 Å². The van der Waals surface area contributed by atoms with Gasteiger partial charge in [0.15, 0.2) is 5.82 Å². The molecule has 2 aromatic heterocycles. The standard InChI is InChI=1S/C10H15N5/c1-7-8(2)15(6-11-7)5-10-13-12-9(3)14(10)4/h6H,5H2,1-4H3. The Labute approximate surface area is 88.8 Å². The van der Waals surface area contributed by atoms with Gasteiger partial charge in [0.1, 0.15) is 5.82 Å². The van der Waals surface area contributed by atoms with Gasteiger partial charge in [-0.2, -0.15) is 0 Å². The first kappa shape index (κ1) is 9.89. The molecule has 5 nitrogen and oxygen atoms in total. The smallest absolute Gasteiger partial charge is 0.152 e. The maximum Gasteiger partial charge on any atom is 0.152 e. The summed E-state index contributed by atoms with van der Waals surface area (Å²) < 4.78 is 4.08. The van der Waals surface area contributed by atoms with Gasteiger partial charge in [0.2, 0.25) is 0 Å². The van der Waals surface area contributed by atoms with Crippen LogP contribution in [0, 0.1) is 20.8 Å². The van der Waals surface area contributed by atoms with E-state index in [-0.39, 0.29) is 0 Å². The molecule has 0 spiro atoms. The van der Waals surface area contributed by atoms with Crippen LogP contribution in [-0.2, 0) is 13.6 Å². The third kappa shape index (κ3) is 1.65. The predicted molar refractivity (Wildman–Crippen MR) is 56.5 cm³/mol. The van der Waals surface area contributed by atoms with Gasteiger partial charge in [-0.15, -0.1) is 10.2 Å². The van der Waals surface area contributed by atoms with Crippen molar-refractivity contribution in [2.24, 2.45) is 7.05 Å². The summed E-state index contributed by atoms with van der Waals surface area (Å²) in [6.07, 6.45) is 1.84. The molecule has 15 heavy (non-hydrogen) atoms. The zero-order valence-corrected chi connectivity index (χ0v) is 9.52. The topological polar surface area (TPSA) is 48.5 Å². The molecule has 2 heterocycles. The van der Waals surface area contributed by atoms with Gasteiger partial charge in [-0.1, -0.05) is 0 Å². The Morgan fingerprint density at radius 3 is 2.40 bits per heavy atom. The first-order valence-corrected chi connectivity index (χ1v) is 4.93. The van der Waals surface area contributed by atoms with Crippen LogP contribution in [0.3, 0.4) is 0 Å². The van der Waals surface area contributed by atoms with E-state index in [2.05, 4.69) is 26.7 Å². The molecule has 0 unspecified atom stereocenters. The Kier molecular flexibility index (Phi) is 2.30. The fraction of sp³-hybridized carbons (Fsp3) is 0.500. The lowest BCUT2D eigenvalue weighted by Crippen LogP contribution is -2.07. The van der Waals surface area contributed by atoms with Crippen LogP contribution in [0.1, 0.15) is 23.0 Å². The monoisotopic (exact) mass is 205 g/mol. The van der Waals surface area contributed by atoms with Crippen LogP contribution in [0.15, 0.2) is 6.33 Å². The van der Waals surface area contributed by atoms with Crippen LogP contribution in [-0.4, -0.2) is 24.3 Å². The number of nitrogens with zero attached hydrogens (tertiary/aromatic N) is 5. The lowest BCUT2D eigenvalue weighted by molar-refractivity contribution is 0.677. The van der Waals surface area contributed by atoms with E-state index in [4.69, 9.17) is 0 Å². The van der Waals surface area contributed by atoms with Gasteiger partial charge >= 0.3 is 0 Å². The molecule has 2 aromatic rings. The second kappa shape index (κ2) is 3.49. The summed E-state index contributed by atoms with van der Waals surface area (Å²) in [7, 11) is 1.98. The first-order valence-electron chi connectivity index (χ1n) is 4.93. The Bertz CT molecular complexity index is 436. The van der Waals surface area contributed by atoms with E-state index in [1.807, 2.05) is 31.8 Å². The first-order chi connectivity index (χ1) is 7.09. The second-order valence-electron chi connectivity index (χ2n) is 3.77. The molecular formula is C10H15N5. The van der Waals surface area contributed by atoms with Crippen molar-refractivity contribution in [3.63, 3.8) is 0 Å². The van der Waals surface area contributed by atoms with E-state index in [0.29, 0.717) is 0 Å². The fourth-order valence-electron chi connectivity index (χ4n) is 1.44. The lowest BCUT2D eigenvalue weighted by atomic mass is 10.4. The number of hydrogen-bond donors (Lipinski definition) is 0. The highest BCUT2D eigenvalue weighted by atomic mass is 15.3. The Morgan fingerprint density at radius 2 is 1.93 bits per heavy atom. The minimum atomic E-state index is 0.726. The van der Waals surface area contributed by atoms with Gasteiger partial charge in [-0.3, -0.25) is 0 Å². The minimum Gasteiger partial charge on any atom is -0.327 e. The molecule has 0 saturated heterocycles. The average molecular weight is 205 g/mol. The van der Waals surface area contributed by atoms with Crippen LogP contribution in [0.2, 0.25) is 0 Å². The van der Waals surface area contributed by atoms with E-state index < -0.39 is 0 Å². The Balaban J connectivity index is 2.29. The molecule has 0 aliphatic rings. The molecule has 0 bridgehead atoms. The summed E-state index contributed by atoms with van der Waals surface area (Å²) >= 11 is 0. The maximum atomic E-state index is 4.25. The van der Waals surface area contributed by atoms with Crippen molar-refractivity contribution in [3.8, 4) is 0 Å². The zero-order valence-electron chi connectivity index (χ0n) is 9.52. The van der Waals surface area contributed by atoms with Crippen molar-refractivity contribution in [1.82, 2.24) is 24.3 Å². The van der Waals surface area contributed by atoms with Gasteiger partial charge in [0.25, 0.3) is 0 Å². The highest BCUT2D eigenvalue weighted by molar-refractivity contribution is 5.10. The molecule has 0 N–H and O–H groups in total. The molecule has 80 valence electrons. The third-order valence-corrected chi connectivity index (χ3v) is 2.84. The third-order valence-electron chi connectivity index (χ3n) is 2.84. The van der Waals surface area contributed by atoms with Crippen LogP contribution in [0.4, 0.5) is 0 Å². The molecule has 0 fully saturated rings. The molecule has 0 radical (unpaired) electrons. The van der Waals surface area contributed by atoms with Crippen LogP contribution in [0.25, 0.3) is 0 Å². The van der Waals surface area contributed by atoms with Gasteiger partial charge < -0.3 is 9.13 Å². The molecule has 2 rings (SSSR count). The minimum absolute atomic E-state index is 0.726. The van der Waals surface area contributed by atoms with Crippen molar-refractivity contribution >= 4 is 0 Å². The number of hydrogen-bond acceptors (Lipinski definition) is 3. The van der Waals surface area contributed by atoms with Gasteiger partial charge in [-0.25, -0.2) is 4.98 Å². The van der Waals surface area contributed by atoms with Crippen molar-refractivity contribution in [2.45, 2.75) is 27.3 Å². The largest absolute Gasteiger partial charge is 0.327 e. The number of aryl methyl sites for hydroxylation is 2. The highest BCUT2D eigenvalue weighted by Gasteiger charge is 2.08. The van der Waals surface area contributed by atoms with Crippen molar-refractivity contribution < 1.29 is 0 Å². The van der Waals surface area contributed by atoms with E-state index in [0.717, 1.165) is 23.9 Å². The Hall–Kier alpha value is -1.65. The molecule has 0 aliphatic carbocycles. The fourth-order valence-corrected chi connectivity index (χ4v) is 1.44. The predicted octanol–water partition coefficient (Wildman–Crippen LogP) is 0.985. The van der Waals surface area contributed by atoms with Crippen LogP contribution in [0.5, 0.6) is 0 Å². The SMILES string of the molecule is Cc1ncn(Cc2nnc(C)n2C)c1C. The highest BCUT2D eigenvalue weighted by Crippen LogP contribution is 2.07. The summed E-state index contributed by atoms with van der Waals surface area (Å²) in [5, 5.41) is 8.15. The molecular weight excluding hydrogens is 190 g/mol. The quantitative estimate of drug-likeness (QED) is 0.734. The summed E-state index contributed by atoms with van der Waals surface area (Å²) in [5.41, 5.74) is 2.24. The molecule has 0 atom stereocenters. The van der Waals surface area contributed by atoms with Gasteiger partial charge in [0.05, 0.1) is 18.6 Å². The molecule has 0 amide bonds. The molecule has 0 aliphatic heterocycles. The summed E-state index contributed by atoms with van der Waals surface area (Å²) in [6.45, 7) is 6.74. The molecule has 0 aromatic carbocycles. The second-order valence-corrected chi connectivity index (χ2v) is 3.77. The average Bonchev–Trinajstić information content (AvgIpc) is 2.68. The van der Waals surface area contributed by atoms with Crippen molar-refractivity contribution in [2.75, 3.05) is 0 Å². The number of imidazole rings is 1. The summed E-state index contributed by atoms with van der Waals surface area (Å²) in [4.78, 5) is 4.25. The number of rotatable bonds is 2. The summed E-state index contributed by atoms with van der Waals surface area (Å²) in [5.74, 6) is 1.88. The van der Waals surface area contributed by atoms with E-state index in [1.54, 1.807) is 0 Å². The van der Waals surface area contributed by atoms with Crippen LogP contribution >= 0.6 is 0 Å². The normalized spacial score (nSPS) is 10.9. The Morgan fingerprint density at radius 1 is 1.20 bits per heavy atom. The lowest BCUT2D eigenvalue weighted by Gasteiger charge is -2.05. The van der Waals surface area contributed by atoms with Crippen LogP contribution < -0.4 is 0 Å². The molecule has 0 saturated carbocycles.